The fourth-order valence-corrected chi connectivity index (χ4v) is 6.88. The van der Waals surface area contributed by atoms with E-state index < -0.39 is 43.3 Å². The summed E-state index contributed by atoms with van der Waals surface area (Å²) >= 11 is 0. The molecule has 0 amide bonds. The first-order valence-corrected chi connectivity index (χ1v) is 16.8. The third-order valence-corrected chi connectivity index (χ3v) is 9.58. The number of nitrogens with one attached hydrogen (secondary N) is 1. The van der Waals surface area contributed by atoms with E-state index in [1.54, 1.807) is 7.11 Å². The molecule has 12 nitrogen and oxygen atoms in total. The molecule has 3 N–H and O–H groups in total. The summed E-state index contributed by atoms with van der Waals surface area (Å²) in [6, 6.07) is 27.9. The van der Waals surface area contributed by atoms with Crippen molar-refractivity contribution < 1.29 is 42.4 Å². The third kappa shape index (κ3) is 7.11. The highest BCUT2D eigenvalue weighted by Gasteiger charge is 2.51. The smallest absolute Gasteiger partial charge is 0.490 e. The number of esters is 1. The van der Waals surface area contributed by atoms with E-state index in [1.165, 1.54) is 10.9 Å². The number of rotatable bonds is 11. The van der Waals surface area contributed by atoms with Gasteiger partial charge in [0.05, 0.1) is 20.0 Å². The van der Waals surface area contributed by atoms with Crippen molar-refractivity contribution >= 4 is 28.9 Å². The first kappa shape index (κ1) is 35.2. The molecule has 0 saturated carbocycles. The number of nitrogens with zero attached hydrogens (tertiary/aromatic N) is 5. The van der Waals surface area contributed by atoms with Crippen molar-refractivity contribution in [3.05, 3.63) is 108 Å². The predicted octanol–water partition coefficient (Wildman–Crippen LogP) is 4.80. The van der Waals surface area contributed by atoms with E-state index >= 15 is 0 Å². The Kier molecular flexibility index (Phi) is 9.99. The van der Waals surface area contributed by atoms with Crippen molar-refractivity contribution in [3.8, 4) is 5.75 Å². The zero-order valence-electron chi connectivity index (χ0n) is 28.1. The quantitative estimate of drug-likeness (QED) is 0.162. The molecule has 2 aromatic heterocycles. The Morgan fingerprint density at radius 3 is 2.31 bits per heavy atom. The van der Waals surface area contributed by atoms with Crippen LogP contribution in [0.3, 0.4) is 0 Å². The number of anilines is 2. The Morgan fingerprint density at radius 1 is 1.02 bits per heavy atom. The topological polar surface area (TPSA) is 144 Å². The van der Waals surface area contributed by atoms with Gasteiger partial charge in [-0.1, -0.05) is 72.8 Å². The maximum Gasteiger partial charge on any atom is 0.490 e. The second kappa shape index (κ2) is 14.8. The Hall–Kier alpha value is -5.25. The van der Waals surface area contributed by atoms with Crippen LogP contribution in [0.25, 0.3) is 11.2 Å². The minimum Gasteiger partial charge on any atom is -0.497 e. The Morgan fingerprint density at radius 2 is 1.69 bits per heavy atom. The molecular formula is C37H37F3N6O6. The summed E-state index contributed by atoms with van der Waals surface area (Å²) in [4.78, 5) is 28.1. The van der Waals surface area contributed by atoms with Crippen LogP contribution in [0.4, 0.5) is 24.9 Å². The van der Waals surface area contributed by atoms with Gasteiger partial charge >= 0.3 is 12.1 Å². The highest BCUT2D eigenvalue weighted by atomic mass is 19.4. The lowest BCUT2D eigenvalue weighted by molar-refractivity contribution is -0.210. The van der Waals surface area contributed by atoms with Crippen molar-refractivity contribution in [3.63, 3.8) is 0 Å². The van der Waals surface area contributed by atoms with Crippen molar-refractivity contribution in [1.82, 2.24) is 19.5 Å². The molecule has 272 valence electrons. The van der Waals surface area contributed by atoms with E-state index in [1.807, 2.05) is 65.6 Å². The first-order valence-electron chi connectivity index (χ1n) is 16.8. The van der Waals surface area contributed by atoms with E-state index in [4.69, 9.17) is 19.4 Å². The van der Waals surface area contributed by atoms with E-state index in [2.05, 4.69) is 39.3 Å². The van der Waals surface area contributed by atoms with Crippen molar-refractivity contribution in [2.75, 3.05) is 43.6 Å². The number of imidazole rings is 1. The number of alkyl halides is 3. The van der Waals surface area contributed by atoms with Crippen molar-refractivity contribution in [2.45, 2.75) is 49.0 Å². The maximum atomic E-state index is 13.1. The van der Waals surface area contributed by atoms with Crippen LogP contribution >= 0.6 is 0 Å². The van der Waals surface area contributed by atoms with Crippen LogP contribution in [0.5, 0.6) is 5.75 Å². The summed E-state index contributed by atoms with van der Waals surface area (Å²) < 4.78 is 56.3. The molecule has 52 heavy (non-hydrogen) atoms. The van der Waals surface area contributed by atoms with Crippen LogP contribution in [0.15, 0.2) is 91.3 Å². The van der Waals surface area contributed by atoms with Crippen molar-refractivity contribution in [1.29, 1.82) is 0 Å². The number of aliphatic hydroxyl groups excluding tert-OH is 2. The molecule has 15 heteroatoms. The number of ether oxygens (including phenoxy) is 3. The van der Waals surface area contributed by atoms with Gasteiger partial charge in [-0.05, 0) is 35.2 Å². The standard InChI is InChI=1S/C37H37F3N6O6/c1-50-26-14-12-22(13-15-26)25-16-17-45(19-25)36-43-32(41-18-27(23-8-4-2-5-9-23)24-10-6-3-7-11-24)29-33(44-36)46(21-42-29)34-30(48)31(28(20-47)51-34)52-35(49)37(38,39)40/h2-15,21,25,27-28,30-31,34,47-48H,16-20H2,1H3,(H,41,43,44)/t25?,28-,30-,31-,34-/m1/s1. The molecule has 0 radical (unpaired) electrons. The van der Waals surface area contributed by atoms with Crippen LogP contribution in [0.1, 0.15) is 41.2 Å². The van der Waals surface area contributed by atoms with E-state index in [9.17, 15) is 28.2 Å². The number of benzene rings is 3. The van der Waals surface area contributed by atoms with Crippen LogP contribution in [-0.2, 0) is 14.3 Å². The summed E-state index contributed by atoms with van der Waals surface area (Å²) in [6.07, 6.45) is -9.57. The average Bonchev–Trinajstić information content (AvgIpc) is 3.90. The maximum absolute atomic E-state index is 13.1. The fraction of sp³-hybridized carbons (Fsp3) is 0.351. The average molecular weight is 719 g/mol. The zero-order chi connectivity index (χ0) is 36.4. The summed E-state index contributed by atoms with van der Waals surface area (Å²) in [5, 5.41) is 24.6. The highest BCUT2D eigenvalue weighted by molar-refractivity contribution is 5.84. The van der Waals surface area contributed by atoms with Gasteiger partial charge in [-0.25, -0.2) is 9.78 Å². The summed E-state index contributed by atoms with van der Waals surface area (Å²) in [5.41, 5.74) is 3.84. The van der Waals surface area contributed by atoms with Crippen LogP contribution in [0.2, 0.25) is 0 Å². The third-order valence-electron chi connectivity index (χ3n) is 9.58. The molecule has 2 aliphatic rings. The molecular weight excluding hydrogens is 681 g/mol. The van der Waals surface area contributed by atoms with Gasteiger partial charge in [-0.15, -0.1) is 0 Å². The fourth-order valence-electron chi connectivity index (χ4n) is 6.88. The number of methoxy groups -OCH3 is 1. The number of fused-ring (bicyclic) bond motifs is 1. The molecule has 0 aliphatic carbocycles. The number of hydrogen-bond acceptors (Lipinski definition) is 11. The van der Waals surface area contributed by atoms with E-state index in [0.29, 0.717) is 36.9 Å². The highest BCUT2D eigenvalue weighted by Crippen LogP contribution is 2.37. The second-order valence-electron chi connectivity index (χ2n) is 12.8. The first-order chi connectivity index (χ1) is 25.1. The SMILES string of the molecule is COc1ccc(C2CCN(c3nc(NCC(c4ccccc4)c4ccccc4)c4ncn([C@@H]5O[C@H](CO)[C@@H](OC(=O)C(F)(F)F)[C@H]5O)c4n3)C2)cc1. The van der Waals surface area contributed by atoms with Gasteiger partial charge in [-0.2, -0.15) is 23.1 Å². The molecule has 2 aliphatic heterocycles. The summed E-state index contributed by atoms with van der Waals surface area (Å²) in [6.45, 7) is 0.846. The Balaban J connectivity index is 1.24. The molecule has 2 saturated heterocycles. The Bertz CT molecular complexity index is 1940. The van der Waals surface area contributed by atoms with Crippen LogP contribution in [0, 0.1) is 0 Å². The van der Waals surface area contributed by atoms with Gasteiger partial charge in [0, 0.05) is 31.5 Å². The Labute approximate surface area is 296 Å². The largest absolute Gasteiger partial charge is 0.497 e. The zero-order valence-corrected chi connectivity index (χ0v) is 28.1. The number of carbonyl (C=O) groups is 1. The number of aromatic nitrogens is 4. The molecule has 0 spiro atoms. The van der Waals surface area contributed by atoms with E-state index in [0.717, 1.165) is 28.9 Å². The lowest BCUT2D eigenvalue weighted by atomic mass is 9.91. The summed E-state index contributed by atoms with van der Waals surface area (Å²) in [7, 11) is 1.62. The lowest BCUT2D eigenvalue weighted by Gasteiger charge is -2.22. The number of carbonyl (C=O) groups excluding carboxylic acids is 1. The molecule has 7 rings (SSSR count). The number of hydrogen-bond donors (Lipinski definition) is 3. The number of aliphatic hydroxyl groups is 2. The predicted molar refractivity (Wildman–Crippen MR) is 184 cm³/mol. The van der Waals surface area contributed by atoms with Crippen molar-refractivity contribution in [2.24, 2.45) is 0 Å². The summed E-state index contributed by atoms with van der Waals surface area (Å²) in [5.74, 6) is -0.863. The van der Waals surface area contributed by atoms with Crippen LogP contribution in [-0.4, -0.2) is 93.5 Å². The molecule has 4 heterocycles. The van der Waals surface area contributed by atoms with Crippen LogP contribution < -0.4 is 15.0 Å². The molecule has 3 aromatic carbocycles. The molecule has 1 unspecified atom stereocenters. The minimum atomic E-state index is -5.31. The minimum absolute atomic E-state index is 0.0708. The van der Waals surface area contributed by atoms with E-state index in [-0.39, 0.29) is 17.5 Å². The van der Waals surface area contributed by atoms with Gasteiger partial charge in [0.1, 0.15) is 18.0 Å². The lowest BCUT2D eigenvalue weighted by Crippen LogP contribution is -2.41. The molecule has 5 atom stereocenters. The number of halogens is 3. The van der Waals surface area contributed by atoms with Gasteiger partial charge in [0.25, 0.3) is 0 Å². The molecule has 2 fully saturated rings. The van der Waals surface area contributed by atoms with Gasteiger partial charge < -0.3 is 34.6 Å². The molecule has 0 bridgehead atoms. The van der Waals surface area contributed by atoms with Gasteiger partial charge in [-0.3, -0.25) is 4.57 Å². The van der Waals surface area contributed by atoms with Gasteiger partial charge in [0.15, 0.2) is 29.3 Å². The second-order valence-corrected chi connectivity index (χ2v) is 12.8. The normalized spacial score (nSPS) is 21.9. The monoisotopic (exact) mass is 718 g/mol. The van der Waals surface area contributed by atoms with Gasteiger partial charge in [0.2, 0.25) is 5.95 Å². The molecule has 5 aromatic rings.